The molecule has 1 aromatic rings. The Morgan fingerprint density at radius 2 is 1.71 bits per heavy atom. The first-order valence-corrected chi connectivity index (χ1v) is 7.10. The van der Waals surface area contributed by atoms with E-state index in [9.17, 15) is 14.7 Å². The topological polar surface area (TPSA) is 77.8 Å². The van der Waals surface area contributed by atoms with Crippen LogP contribution in [0.5, 0.6) is 0 Å². The number of carboxylic acids is 2. The molecule has 0 spiro atoms. The van der Waals surface area contributed by atoms with Crippen LogP contribution in [-0.4, -0.2) is 39.6 Å². The van der Waals surface area contributed by atoms with Crippen molar-refractivity contribution in [2.75, 3.05) is 6.54 Å². The minimum atomic E-state index is -0.915. The van der Waals surface area contributed by atoms with Crippen LogP contribution in [0.4, 0.5) is 0 Å². The molecule has 2 unspecified atom stereocenters. The van der Waals surface area contributed by atoms with Gasteiger partial charge in [0.25, 0.3) is 0 Å². The summed E-state index contributed by atoms with van der Waals surface area (Å²) in [5.74, 6) is -2.44. The van der Waals surface area contributed by atoms with Crippen molar-refractivity contribution in [1.29, 1.82) is 0 Å². The molecule has 116 valence electrons. The van der Waals surface area contributed by atoms with Crippen molar-refractivity contribution >= 4 is 11.9 Å². The minimum absolute atomic E-state index is 0.216. The van der Waals surface area contributed by atoms with Crippen LogP contribution in [0.2, 0.25) is 0 Å². The average molecular weight is 293 g/mol. The van der Waals surface area contributed by atoms with Gasteiger partial charge in [0.1, 0.15) is 6.04 Å². The second-order valence-corrected chi connectivity index (χ2v) is 5.42. The van der Waals surface area contributed by atoms with Gasteiger partial charge in [-0.1, -0.05) is 43.7 Å². The Labute approximate surface area is 125 Å². The van der Waals surface area contributed by atoms with Gasteiger partial charge < -0.3 is 10.2 Å². The Morgan fingerprint density at radius 1 is 1.14 bits per heavy atom. The van der Waals surface area contributed by atoms with Crippen molar-refractivity contribution in [3.05, 3.63) is 35.4 Å². The van der Waals surface area contributed by atoms with Gasteiger partial charge in [0.15, 0.2) is 0 Å². The minimum Gasteiger partial charge on any atom is -0.481 e. The number of carboxylic acid groups (broad SMARTS) is 2. The average Bonchev–Trinajstić information content (AvgIpc) is 2.41. The third-order valence-corrected chi connectivity index (χ3v) is 3.55. The number of aryl methyl sites for hydroxylation is 1. The van der Waals surface area contributed by atoms with Crippen molar-refractivity contribution in [3.8, 4) is 0 Å². The molecule has 1 aromatic carbocycles. The van der Waals surface area contributed by atoms with Gasteiger partial charge in [0, 0.05) is 13.1 Å². The number of nitrogens with zero attached hydrogens (tertiary/aromatic N) is 1. The fourth-order valence-corrected chi connectivity index (χ4v) is 2.25. The number of benzene rings is 1. The zero-order chi connectivity index (χ0) is 16.0. The van der Waals surface area contributed by atoms with Crippen LogP contribution in [0.1, 0.15) is 31.4 Å². The summed E-state index contributed by atoms with van der Waals surface area (Å²) >= 11 is 0. The van der Waals surface area contributed by atoms with Crippen molar-refractivity contribution in [2.24, 2.45) is 5.92 Å². The summed E-state index contributed by atoms with van der Waals surface area (Å²) in [6.45, 7) is 6.03. The third kappa shape index (κ3) is 5.19. The van der Waals surface area contributed by atoms with Crippen LogP contribution in [0, 0.1) is 12.8 Å². The highest BCUT2D eigenvalue weighted by molar-refractivity contribution is 5.74. The lowest BCUT2D eigenvalue weighted by molar-refractivity contribution is -0.147. The Bertz CT molecular complexity index is 484. The van der Waals surface area contributed by atoms with Gasteiger partial charge in [-0.2, -0.15) is 0 Å². The number of hydrogen-bond acceptors (Lipinski definition) is 3. The quantitative estimate of drug-likeness (QED) is 0.769. The molecule has 0 radical (unpaired) electrons. The molecule has 0 aliphatic heterocycles. The first kappa shape index (κ1) is 17.2. The van der Waals surface area contributed by atoms with Gasteiger partial charge in [0.05, 0.1) is 5.92 Å². The molecular weight excluding hydrogens is 270 g/mol. The van der Waals surface area contributed by atoms with E-state index >= 15 is 0 Å². The molecule has 1 rings (SSSR count). The highest BCUT2D eigenvalue weighted by Gasteiger charge is 2.27. The van der Waals surface area contributed by atoms with Crippen LogP contribution in [-0.2, 0) is 16.1 Å². The molecule has 0 saturated heterocycles. The van der Waals surface area contributed by atoms with Crippen molar-refractivity contribution < 1.29 is 19.8 Å². The van der Waals surface area contributed by atoms with Gasteiger partial charge in [-0.15, -0.1) is 0 Å². The van der Waals surface area contributed by atoms with E-state index in [0.717, 1.165) is 11.1 Å². The number of hydrogen-bond donors (Lipinski definition) is 2. The van der Waals surface area contributed by atoms with Gasteiger partial charge >= 0.3 is 11.9 Å². The van der Waals surface area contributed by atoms with Crippen LogP contribution < -0.4 is 0 Å². The van der Waals surface area contributed by atoms with E-state index in [4.69, 9.17) is 5.11 Å². The molecule has 0 fully saturated rings. The summed E-state index contributed by atoms with van der Waals surface area (Å²) in [7, 11) is 0. The third-order valence-electron chi connectivity index (χ3n) is 3.55. The van der Waals surface area contributed by atoms with Gasteiger partial charge in [0.2, 0.25) is 0 Å². The number of aliphatic carboxylic acids is 2. The van der Waals surface area contributed by atoms with Gasteiger partial charge in [-0.3, -0.25) is 14.5 Å². The lowest BCUT2D eigenvalue weighted by Gasteiger charge is -2.29. The Hall–Kier alpha value is -1.88. The zero-order valence-electron chi connectivity index (χ0n) is 12.7. The van der Waals surface area contributed by atoms with E-state index in [1.165, 1.54) is 0 Å². The monoisotopic (exact) mass is 293 g/mol. The van der Waals surface area contributed by atoms with Crippen LogP contribution in [0.15, 0.2) is 24.3 Å². The van der Waals surface area contributed by atoms with Crippen molar-refractivity contribution in [1.82, 2.24) is 4.90 Å². The lowest BCUT2D eigenvalue weighted by Crippen LogP contribution is -2.43. The summed E-state index contributed by atoms with van der Waals surface area (Å²) in [6, 6.07) is 7.16. The van der Waals surface area contributed by atoms with E-state index < -0.39 is 23.9 Å². The SMILES string of the molecule is CCC(C(=O)O)N(Cc1ccc(C)cc1)CC(C)C(=O)O. The summed E-state index contributed by atoms with van der Waals surface area (Å²) in [5, 5.41) is 18.4. The molecule has 5 heteroatoms. The molecule has 0 aliphatic carbocycles. The zero-order valence-corrected chi connectivity index (χ0v) is 12.7. The second kappa shape index (κ2) is 7.78. The first-order chi connectivity index (χ1) is 9.85. The predicted molar refractivity (Wildman–Crippen MR) is 80.1 cm³/mol. The summed E-state index contributed by atoms with van der Waals surface area (Å²) in [5.41, 5.74) is 2.12. The Morgan fingerprint density at radius 3 is 2.14 bits per heavy atom. The molecule has 2 atom stereocenters. The molecular formula is C16H23NO4. The normalized spacial score (nSPS) is 13.9. The van der Waals surface area contributed by atoms with E-state index in [-0.39, 0.29) is 6.54 Å². The van der Waals surface area contributed by atoms with Gasteiger partial charge in [-0.05, 0) is 18.9 Å². The van der Waals surface area contributed by atoms with E-state index in [2.05, 4.69) is 0 Å². The maximum Gasteiger partial charge on any atom is 0.320 e. The van der Waals surface area contributed by atoms with Crippen LogP contribution in [0.3, 0.4) is 0 Å². The van der Waals surface area contributed by atoms with Crippen molar-refractivity contribution in [3.63, 3.8) is 0 Å². The fourth-order valence-electron chi connectivity index (χ4n) is 2.25. The lowest BCUT2D eigenvalue weighted by atomic mass is 10.1. The maximum absolute atomic E-state index is 11.4. The highest BCUT2D eigenvalue weighted by Crippen LogP contribution is 2.15. The Kier molecular flexibility index (Phi) is 6.37. The molecule has 0 aromatic heterocycles. The molecule has 5 nitrogen and oxygen atoms in total. The fraction of sp³-hybridized carbons (Fsp3) is 0.500. The molecule has 0 aliphatic rings. The van der Waals surface area contributed by atoms with Gasteiger partial charge in [-0.25, -0.2) is 0 Å². The first-order valence-electron chi connectivity index (χ1n) is 7.10. The molecule has 0 saturated carbocycles. The molecule has 0 amide bonds. The molecule has 0 heterocycles. The second-order valence-electron chi connectivity index (χ2n) is 5.42. The molecule has 2 N–H and O–H groups in total. The smallest absolute Gasteiger partial charge is 0.320 e. The molecule has 21 heavy (non-hydrogen) atoms. The highest BCUT2D eigenvalue weighted by atomic mass is 16.4. The van der Waals surface area contributed by atoms with E-state index in [0.29, 0.717) is 13.0 Å². The summed E-state index contributed by atoms with van der Waals surface area (Å²) < 4.78 is 0. The standard InChI is InChI=1S/C16H23NO4/c1-4-14(16(20)21)17(9-12(3)15(18)19)10-13-7-5-11(2)6-8-13/h5-8,12,14H,4,9-10H2,1-3H3,(H,18,19)(H,20,21). The maximum atomic E-state index is 11.4. The van der Waals surface area contributed by atoms with Crippen molar-refractivity contribution in [2.45, 2.75) is 39.8 Å². The predicted octanol–water partition coefficient (Wildman–Crippen LogP) is 2.38. The summed E-state index contributed by atoms with van der Waals surface area (Å²) in [4.78, 5) is 24.1. The summed E-state index contributed by atoms with van der Waals surface area (Å²) in [6.07, 6.45) is 0.438. The largest absolute Gasteiger partial charge is 0.481 e. The van der Waals surface area contributed by atoms with Crippen LogP contribution >= 0.6 is 0 Å². The van der Waals surface area contributed by atoms with E-state index in [1.54, 1.807) is 18.7 Å². The molecule has 0 bridgehead atoms. The Balaban J connectivity index is 2.92. The van der Waals surface area contributed by atoms with E-state index in [1.807, 2.05) is 31.2 Å². The number of rotatable bonds is 8. The number of carbonyl (C=O) groups is 2. The van der Waals surface area contributed by atoms with Crippen LogP contribution in [0.25, 0.3) is 0 Å².